The van der Waals surface area contributed by atoms with E-state index in [1.165, 1.54) is 0 Å². The predicted molar refractivity (Wildman–Crippen MR) is 159 cm³/mol. The number of nitrogens with zero attached hydrogens (tertiary/aromatic N) is 4. The lowest BCUT2D eigenvalue weighted by Gasteiger charge is -2.39. The number of hydrogen-bond acceptors (Lipinski definition) is 6. The van der Waals surface area contributed by atoms with Crippen LogP contribution in [0.25, 0.3) is 10.9 Å². The maximum absolute atomic E-state index is 13.9. The zero-order valence-electron chi connectivity index (χ0n) is 22.5. The standard InChI is InChI=1S/C31H32ClN5O3/c1-34-21-36(19-23-5-3-2-4-6-23)37-20-27(31(39)33-17-22-7-9-25(32)10-8-22)30(38)26-15-24(16-28(34)29(26)37)18-35-11-13-40-14-12-35/h2-10,15-16,20H,11-14,17-19,21H2,1H3,(H,33,39). The molecule has 1 saturated heterocycles. The number of nitrogens with one attached hydrogen (secondary N) is 1. The van der Waals surface area contributed by atoms with Gasteiger partial charge in [0.1, 0.15) is 12.2 Å². The molecule has 1 N–H and O–H groups in total. The molecule has 40 heavy (non-hydrogen) atoms. The van der Waals surface area contributed by atoms with Crippen molar-refractivity contribution in [3.63, 3.8) is 0 Å². The number of halogens is 1. The highest BCUT2D eigenvalue weighted by Gasteiger charge is 2.27. The van der Waals surface area contributed by atoms with E-state index in [-0.39, 0.29) is 11.0 Å². The highest BCUT2D eigenvalue weighted by atomic mass is 35.5. The Hall–Kier alpha value is -3.85. The Balaban J connectivity index is 1.42. The third kappa shape index (κ3) is 5.43. The lowest BCUT2D eigenvalue weighted by atomic mass is 10.0. The summed E-state index contributed by atoms with van der Waals surface area (Å²) in [4.78, 5) is 31.9. The van der Waals surface area contributed by atoms with E-state index in [0.717, 1.165) is 47.5 Å². The van der Waals surface area contributed by atoms with Crippen molar-refractivity contribution in [3.05, 3.63) is 110 Å². The molecule has 3 aromatic carbocycles. The number of morpholine rings is 1. The monoisotopic (exact) mass is 557 g/mol. The third-order valence-electron chi connectivity index (χ3n) is 7.54. The second kappa shape index (κ2) is 11.3. The number of ether oxygens (including phenoxy) is 1. The maximum Gasteiger partial charge on any atom is 0.257 e. The minimum absolute atomic E-state index is 0.124. The molecule has 0 radical (unpaired) electrons. The SMILES string of the molecule is CN1CN(Cc2ccccc2)n2cc(C(=O)NCc3ccc(Cl)cc3)c(=O)c3cc(CN4CCOCC4)cc1c32. The van der Waals surface area contributed by atoms with Gasteiger partial charge in [0.2, 0.25) is 5.43 Å². The molecule has 9 heteroatoms. The van der Waals surface area contributed by atoms with Gasteiger partial charge in [-0.05, 0) is 41.0 Å². The van der Waals surface area contributed by atoms with Gasteiger partial charge in [-0.2, -0.15) is 0 Å². The van der Waals surface area contributed by atoms with E-state index < -0.39 is 5.91 Å². The Bertz CT molecular complexity index is 1580. The lowest BCUT2D eigenvalue weighted by Crippen LogP contribution is -2.47. The largest absolute Gasteiger partial charge is 0.379 e. The Morgan fingerprint density at radius 1 is 0.950 bits per heavy atom. The Labute approximate surface area is 238 Å². The van der Waals surface area contributed by atoms with Crippen LogP contribution in [0.15, 0.2) is 77.7 Å². The fourth-order valence-electron chi connectivity index (χ4n) is 5.46. The van der Waals surface area contributed by atoms with Gasteiger partial charge in [0, 0.05) is 44.4 Å². The first-order chi connectivity index (χ1) is 19.5. The Morgan fingerprint density at radius 3 is 2.45 bits per heavy atom. The van der Waals surface area contributed by atoms with Crippen LogP contribution in [0.3, 0.4) is 0 Å². The zero-order chi connectivity index (χ0) is 27.6. The number of hydrogen-bond donors (Lipinski definition) is 1. The zero-order valence-corrected chi connectivity index (χ0v) is 23.2. The van der Waals surface area contributed by atoms with Crippen LogP contribution in [0, 0.1) is 0 Å². The summed E-state index contributed by atoms with van der Waals surface area (Å²) in [6.45, 7) is 5.37. The molecule has 1 amide bonds. The van der Waals surface area contributed by atoms with E-state index in [2.05, 4.69) is 38.3 Å². The van der Waals surface area contributed by atoms with Crippen LogP contribution < -0.4 is 20.7 Å². The second-order valence-electron chi connectivity index (χ2n) is 10.4. The van der Waals surface area contributed by atoms with Gasteiger partial charge in [0.15, 0.2) is 0 Å². The van der Waals surface area contributed by atoms with E-state index in [0.29, 0.717) is 43.4 Å². The van der Waals surface area contributed by atoms with Gasteiger partial charge < -0.3 is 15.0 Å². The van der Waals surface area contributed by atoms with Gasteiger partial charge in [-0.25, -0.2) is 0 Å². The quantitative estimate of drug-likeness (QED) is 0.371. The molecular weight excluding hydrogens is 526 g/mol. The number of amides is 1. The summed E-state index contributed by atoms with van der Waals surface area (Å²) >= 11 is 6.01. The summed E-state index contributed by atoms with van der Waals surface area (Å²) in [5.74, 6) is -0.399. The highest BCUT2D eigenvalue weighted by Crippen LogP contribution is 2.32. The average Bonchev–Trinajstić information content (AvgIpc) is 2.97. The normalized spacial score (nSPS) is 15.4. The molecule has 2 aliphatic rings. The fraction of sp³-hybridized carbons (Fsp3) is 0.290. The van der Waals surface area contributed by atoms with Crippen LogP contribution in [0.1, 0.15) is 27.0 Å². The first-order valence-electron chi connectivity index (χ1n) is 13.5. The number of benzene rings is 3. The van der Waals surface area contributed by atoms with Crippen LogP contribution in [-0.4, -0.2) is 55.5 Å². The molecule has 0 bridgehead atoms. The molecule has 4 aromatic rings. The Kier molecular flexibility index (Phi) is 7.47. The van der Waals surface area contributed by atoms with E-state index in [1.54, 1.807) is 18.3 Å². The first kappa shape index (κ1) is 26.4. The number of pyridine rings is 1. The number of rotatable bonds is 7. The molecule has 0 saturated carbocycles. The van der Waals surface area contributed by atoms with Gasteiger partial charge >= 0.3 is 0 Å². The van der Waals surface area contributed by atoms with Gasteiger partial charge in [0.05, 0.1) is 36.3 Å². The summed E-state index contributed by atoms with van der Waals surface area (Å²) in [5.41, 5.74) is 4.75. The van der Waals surface area contributed by atoms with Crippen LogP contribution in [0.2, 0.25) is 5.02 Å². The van der Waals surface area contributed by atoms with Crippen molar-refractivity contribution in [3.8, 4) is 0 Å². The summed E-state index contributed by atoms with van der Waals surface area (Å²) in [5, 5.41) is 6.27. The smallest absolute Gasteiger partial charge is 0.257 e. The van der Waals surface area contributed by atoms with Crippen molar-refractivity contribution < 1.29 is 9.53 Å². The van der Waals surface area contributed by atoms with Crippen molar-refractivity contribution in [2.45, 2.75) is 19.6 Å². The molecule has 0 aliphatic carbocycles. The predicted octanol–water partition coefficient (Wildman–Crippen LogP) is 3.96. The van der Waals surface area contributed by atoms with E-state index >= 15 is 0 Å². The van der Waals surface area contributed by atoms with Crippen molar-refractivity contribution >= 4 is 34.1 Å². The minimum atomic E-state index is -0.399. The highest BCUT2D eigenvalue weighted by molar-refractivity contribution is 6.30. The molecule has 8 nitrogen and oxygen atoms in total. The lowest BCUT2D eigenvalue weighted by molar-refractivity contribution is 0.0342. The molecular formula is C31H32ClN5O3. The van der Waals surface area contributed by atoms with Crippen molar-refractivity contribution in [2.24, 2.45) is 0 Å². The molecule has 0 spiro atoms. The topological polar surface area (TPSA) is 70.0 Å². The van der Waals surface area contributed by atoms with Gasteiger partial charge in [-0.1, -0.05) is 54.1 Å². The molecule has 206 valence electrons. The number of anilines is 1. The summed E-state index contributed by atoms with van der Waals surface area (Å²) in [7, 11) is 2.05. The Morgan fingerprint density at radius 2 is 1.70 bits per heavy atom. The fourth-order valence-corrected chi connectivity index (χ4v) is 5.58. The summed E-state index contributed by atoms with van der Waals surface area (Å²) < 4.78 is 7.51. The molecule has 1 aromatic heterocycles. The minimum Gasteiger partial charge on any atom is -0.379 e. The van der Waals surface area contributed by atoms with Crippen LogP contribution in [0.5, 0.6) is 0 Å². The van der Waals surface area contributed by atoms with Crippen molar-refractivity contribution in [1.29, 1.82) is 0 Å². The third-order valence-corrected chi connectivity index (χ3v) is 7.79. The molecule has 2 aliphatic heterocycles. The van der Waals surface area contributed by atoms with Crippen LogP contribution in [0.4, 0.5) is 5.69 Å². The molecule has 1 fully saturated rings. The maximum atomic E-state index is 13.9. The van der Waals surface area contributed by atoms with E-state index in [9.17, 15) is 9.59 Å². The number of carbonyl (C=O) groups is 1. The average molecular weight is 558 g/mol. The summed E-state index contributed by atoms with van der Waals surface area (Å²) in [6, 6.07) is 21.6. The summed E-state index contributed by atoms with van der Waals surface area (Å²) in [6.07, 6.45) is 1.70. The molecule has 0 atom stereocenters. The molecule has 0 unspecified atom stereocenters. The van der Waals surface area contributed by atoms with Crippen molar-refractivity contribution in [1.82, 2.24) is 14.9 Å². The van der Waals surface area contributed by atoms with Crippen molar-refractivity contribution in [2.75, 3.05) is 49.9 Å². The second-order valence-corrected chi connectivity index (χ2v) is 10.9. The van der Waals surface area contributed by atoms with Gasteiger partial charge in [0.25, 0.3) is 5.91 Å². The van der Waals surface area contributed by atoms with Gasteiger partial charge in [-0.15, -0.1) is 0 Å². The van der Waals surface area contributed by atoms with Crippen LogP contribution >= 0.6 is 11.6 Å². The van der Waals surface area contributed by atoms with Gasteiger partial charge in [-0.3, -0.25) is 24.2 Å². The molecule has 6 rings (SSSR count). The number of carbonyl (C=O) groups excluding carboxylic acids is 1. The number of aromatic nitrogens is 1. The van der Waals surface area contributed by atoms with E-state index in [1.807, 2.05) is 48.1 Å². The van der Waals surface area contributed by atoms with E-state index in [4.69, 9.17) is 16.3 Å². The molecule has 3 heterocycles. The van der Waals surface area contributed by atoms with Crippen LogP contribution in [-0.2, 0) is 24.4 Å². The first-order valence-corrected chi connectivity index (χ1v) is 13.9.